The van der Waals surface area contributed by atoms with E-state index in [-0.39, 0.29) is 23.3 Å². The van der Waals surface area contributed by atoms with Gasteiger partial charge in [-0.1, -0.05) is 0 Å². The van der Waals surface area contributed by atoms with Gasteiger partial charge in [0.1, 0.15) is 9.88 Å². The van der Waals surface area contributed by atoms with E-state index in [1.165, 1.54) is 16.2 Å². The van der Waals surface area contributed by atoms with Gasteiger partial charge in [-0.2, -0.15) is 0 Å². The SMILES string of the molecule is CC1CN(c2sc(C(=O)N(C)C)c(N)c2C(N)=O)CCO1. The average molecular weight is 312 g/mol. The van der Waals surface area contributed by atoms with Crippen LogP contribution in [0.4, 0.5) is 10.7 Å². The minimum atomic E-state index is -0.615. The Kier molecular flexibility index (Phi) is 4.38. The predicted octanol–water partition coefficient (Wildman–Crippen LogP) is 0.356. The lowest BCUT2D eigenvalue weighted by molar-refractivity contribution is 0.0533. The van der Waals surface area contributed by atoms with E-state index in [0.29, 0.717) is 29.6 Å². The van der Waals surface area contributed by atoms with Crippen molar-refractivity contribution in [3.8, 4) is 0 Å². The fourth-order valence-corrected chi connectivity index (χ4v) is 3.54. The van der Waals surface area contributed by atoms with Gasteiger partial charge in [0.15, 0.2) is 0 Å². The topological polar surface area (TPSA) is 102 Å². The zero-order valence-corrected chi connectivity index (χ0v) is 13.2. The summed E-state index contributed by atoms with van der Waals surface area (Å²) in [5.41, 5.74) is 11.8. The Morgan fingerprint density at radius 3 is 2.62 bits per heavy atom. The van der Waals surface area contributed by atoms with Crippen molar-refractivity contribution in [1.82, 2.24) is 4.90 Å². The largest absolute Gasteiger partial charge is 0.397 e. The molecule has 2 amide bonds. The monoisotopic (exact) mass is 312 g/mol. The Labute approximate surface area is 127 Å². The van der Waals surface area contributed by atoms with E-state index in [0.717, 1.165) is 0 Å². The molecule has 2 heterocycles. The highest BCUT2D eigenvalue weighted by Gasteiger charge is 2.29. The molecular weight excluding hydrogens is 292 g/mol. The second-order valence-corrected chi connectivity index (χ2v) is 6.22. The van der Waals surface area contributed by atoms with E-state index < -0.39 is 5.91 Å². The maximum Gasteiger partial charge on any atom is 0.265 e. The van der Waals surface area contributed by atoms with Crippen LogP contribution in [0, 0.1) is 0 Å². The van der Waals surface area contributed by atoms with Crippen molar-refractivity contribution in [1.29, 1.82) is 0 Å². The van der Waals surface area contributed by atoms with Crippen LogP contribution in [-0.4, -0.2) is 56.6 Å². The molecule has 0 aliphatic carbocycles. The van der Waals surface area contributed by atoms with Crippen molar-refractivity contribution in [2.75, 3.05) is 44.4 Å². The Morgan fingerprint density at radius 2 is 2.10 bits per heavy atom. The number of hydrogen-bond donors (Lipinski definition) is 2. The number of nitrogens with two attached hydrogens (primary N) is 2. The standard InChI is InChI=1S/C13H20N4O3S/c1-7-6-17(4-5-20-7)13-8(11(15)18)9(14)10(21-13)12(19)16(2)3/h7H,4-6,14H2,1-3H3,(H2,15,18). The van der Waals surface area contributed by atoms with Crippen LogP contribution in [0.5, 0.6) is 0 Å². The van der Waals surface area contributed by atoms with Crippen LogP contribution in [-0.2, 0) is 4.74 Å². The van der Waals surface area contributed by atoms with E-state index in [1.54, 1.807) is 14.1 Å². The summed E-state index contributed by atoms with van der Waals surface area (Å²) in [6.07, 6.45) is 0.0517. The number of morpholine rings is 1. The molecule has 4 N–H and O–H groups in total. The maximum atomic E-state index is 12.2. The fourth-order valence-electron chi connectivity index (χ4n) is 2.26. The van der Waals surface area contributed by atoms with Crippen LogP contribution < -0.4 is 16.4 Å². The molecule has 0 aromatic carbocycles. The van der Waals surface area contributed by atoms with Gasteiger partial charge in [-0.3, -0.25) is 9.59 Å². The van der Waals surface area contributed by atoms with E-state index in [1.807, 2.05) is 11.8 Å². The summed E-state index contributed by atoms with van der Waals surface area (Å²) in [4.78, 5) is 27.7. The molecule has 1 atom stereocenters. The van der Waals surface area contributed by atoms with Crippen molar-refractivity contribution >= 4 is 33.8 Å². The average Bonchev–Trinajstić information content (AvgIpc) is 2.75. The highest BCUT2D eigenvalue weighted by Crippen LogP contribution is 2.39. The van der Waals surface area contributed by atoms with Crippen LogP contribution in [0.3, 0.4) is 0 Å². The van der Waals surface area contributed by atoms with Gasteiger partial charge in [0, 0.05) is 27.2 Å². The molecule has 2 rings (SSSR count). The first kappa shape index (κ1) is 15.6. The highest BCUT2D eigenvalue weighted by atomic mass is 32.1. The molecule has 1 unspecified atom stereocenters. The van der Waals surface area contributed by atoms with Gasteiger partial charge in [0.05, 0.1) is 24.0 Å². The van der Waals surface area contributed by atoms with Crippen LogP contribution in [0.1, 0.15) is 27.0 Å². The normalized spacial score (nSPS) is 18.6. The minimum absolute atomic E-state index is 0.0517. The zero-order chi connectivity index (χ0) is 15.7. The van der Waals surface area contributed by atoms with Crippen molar-refractivity contribution in [3.05, 3.63) is 10.4 Å². The lowest BCUT2D eigenvalue weighted by Crippen LogP contribution is -2.41. The number of hydrogen-bond acceptors (Lipinski definition) is 6. The third kappa shape index (κ3) is 2.96. The molecule has 7 nitrogen and oxygen atoms in total. The molecule has 1 fully saturated rings. The predicted molar refractivity (Wildman–Crippen MR) is 82.9 cm³/mol. The van der Waals surface area contributed by atoms with Crippen molar-refractivity contribution in [2.45, 2.75) is 13.0 Å². The van der Waals surface area contributed by atoms with E-state index in [2.05, 4.69) is 0 Å². The molecule has 116 valence electrons. The van der Waals surface area contributed by atoms with Gasteiger partial charge < -0.3 is 26.0 Å². The van der Waals surface area contributed by atoms with Crippen LogP contribution in [0.2, 0.25) is 0 Å². The number of ether oxygens (including phenoxy) is 1. The Balaban J connectivity index is 2.47. The van der Waals surface area contributed by atoms with Gasteiger partial charge in [0.25, 0.3) is 11.8 Å². The first-order valence-electron chi connectivity index (χ1n) is 6.63. The number of carbonyl (C=O) groups excluding carboxylic acids is 2. The number of nitrogens with zero attached hydrogens (tertiary/aromatic N) is 2. The molecule has 1 saturated heterocycles. The van der Waals surface area contributed by atoms with E-state index in [4.69, 9.17) is 16.2 Å². The minimum Gasteiger partial charge on any atom is -0.397 e. The summed E-state index contributed by atoms with van der Waals surface area (Å²) in [7, 11) is 3.28. The Morgan fingerprint density at radius 1 is 1.43 bits per heavy atom. The molecule has 0 radical (unpaired) electrons. The number of nitrogen functional groups attached to an aromatic ring is 1. The number of amides is 2. The van der Waals surface area contributed by atoms with Gasteiger partial charge in [-0.15, -0.1) is 11.3 Å². The quantitative estimate of drug-likeness (QED) is 0.839. The number of rotatable bonds is 3. The molecular formula is C13H20N4O3S. The summed E-state index contributed by atoms with van der Waals surface area (Å²) in [6.45, 7) is 3.79. The van der Waals surface area contributed by atoms with Crippen LogP contribution in [0.15, 0.2) is 0 Å². The Hall–Kier alpha value is -1.80. The summed E-state index contributed by atoms with van der Waals surface area (Å²) in [5, 5.41) is 0.653. The number of carbonyl (C=O) groups is 2. The number of anilines is 2. The number of thiophene rings is 1. The van der Waals surface area contributed by atoms with Crippen LogP contribution >= 0.6 is 11.3 Å². The fraction of sp³-hybridized carbons (Fsp3) is 0.538. The zero-order valence-electron chi connectivity index (χ0n) is 12.4. The molecule has 1 aromatic rings. The van der Waals surface area contributed by atoms with Gasteiger partial charge in [-0.25, -0.2) is 0 Å². The third-order valence-electron chi connectivity index (χ3n) is 3.30. The van der Waals surface area contributed by atoms with E-state index in [9.17, 15) is 9.59 Å². The smallest absolute Gasteiger partial charge is 0.265 e. The molecule has 8 heteroatoms. The van der Waals surface area contributed by atoms with Gasteiger partial charge >= 0.3 is 0 Å². The maximum absolute atomic E-state index is 12.2. The first-order chi connectivity index (χ1) is 9.82. The van der Waals surface area contributed by atoms with Crippen molar-refractivity contribution in [2.24, 2.45) is 5.73 Å². The third-order valence-corrected chi connectivity index (χ3v) is 4.56. The van der Waals surface area contributed by atoms with Gasteiger partial charge in [-0.05, 0) is 6.92 Å². The summed E-state index contributed by atoms with van der Waals surface area (Å²) < 4.78 is 5.49. The number of primary amides is 1. The molecule has 1 aromatic heterocycles. The molecule has 0 spiro atoms. The molecule has 1 aliphatic heterocycles. The lowest BCUT2D eigenvalue weighted by atomic mass is 10.2. The molecule has 0 bridgehead atoms. The molecule has 0 saturated carbocycles. The first-order valence-corrected chi connectivity index (χ1v) is 7.44. The second-order valence-electron chi connectivity index (χ2n) is 5.22. The van der Waals surface area contributed by atoms with E-state index >= 15 is 0 Å². The Bertz CT molecular complexity index is 570. The second kappa shape index (κ2) is 5.90. The molecule has 1 aliphatic rings. The van der Waals surface area contributed by atoms with Crippen LogP contribution in [0.25, 0.3) is 0 Å². The summed E-state index contributed by atoms with van der Waals surface area (Å²) in [6, 6.07) is 0. The van der Waals surface area contributed by atoms with Gasteiger partial charge in [0.2, 0.25) is 0 Å². The molecule has 21 heavy (non-hydrogen) atoms. The highest BCUT2D eigenvalue weighted by molar-refractivity contribution is 7.19. The van der Waals surface area contributed by atoms with Crippen molar-refractivity contribution < 1.29 is 14.3 Å². The summed E-state index contributed by atoms with van der Waals surface area (Å²) in [5.74, 6) is -0.844. The van der Waals surface area contributed by atoms with Crippen molar-refractivity contribution in [3.63, 3.8) is 0 Å². The summed E-state index contributed by atoms with van der Waals surface area (Å²) >= 11 is 1.21. The lowest BCUT2D eigenvalue weighted by Gasteiger charge is -2.32.